The van der Waals surface area contributed by atoms with Gasteiger partial charge in [0.25, 0.3) is 0 Å². The van der Waals surface area contributed by atoms with Crippen LogP contribution in [0.15, 0.2) is 18.2 Å². The van der Waals surface area contributed by atoms with Crippen LogP contribution in [0.2, 0.25) is 0 Å². The number of hydrogen-bond acceptors (Lipinski definition) is 3. The normalized spacial score (nSPS) is 20.5. The molecule has 2 rings (SSSR count). The van der Waals surface area contributed by atoms with Gasteiger partial charge in [0, 0.05) is 31.7 Å². The van der Waals surface area contributed by atoms with E-state index in [2.05, 4.69) is 31.0 Å². The lowest BCUT2D eigenvalue weighted by Crippen LogP contribution is -2.56. The predicted molar refractivity (Wildman–Crippen MR) is 76.4 cm³/mol. The molecular formula is C15H23FN2O. The maximum Gasteiger partial charge on any atom is 0.146 e. The summed E-state index contributed by atoms with van der Waals surface area (Å²) >= 11 is 0. The number of rotatable bonds is 2. The Morgan fingerprint density at radius 3 is 2.74 bits per heavy atom. The highest BCUT2D eigenvalue weighted by Crippen LogP contribution is 2.29. The lowest BCUT2D eigenvalue weighted by Gasteiger charge is -2.41. The third-order valence-electron chi connectivity index (χ3n) is 3.71. The first-order valence-corrected chi connectivity index (χ1v) is 6.73. The van der Waals surface area contributed by atoms with E-state index >= 15 is 0 Å². The first kappa shape index (κ1) is 14.1. The van der Waals surface area contributed by atoms with Gasteiger partial charge in [-0.05, 0) is 17.5 Å². The van der Waals surface area contributed by atoms with Crippen molar-refractivity contribution in [2.75, 3.05) is 31.6 Å². The Hall–Kier alpha value is -1.29. The zero-order valence-electron chi connectivity index (χ0n) is 12.2. The average Bonchev–Trinajstić information content (AvgIpc) is 2.38. The van der Waals surface area contributed by atoms with Gasteiger partial charge in [-0.2, -0.15) is 0 Å². The van der Waals surface area contributed by atoms with Crippen LogP contribution in [0.5, 0.6) is 5.75 Å². The largest absolute Gasteiger partial charge is 0.497 e. The molecule has 0 saturated carbocycles. The Morgan fingerprint density at radius 1 is 1.37 bits per heavy atom. The van der Waals surface area contributed by atoms with Gasteiger partial charge in [0.05, 0.1) is 12.8 Å². The summed E-state index contributed by atoms with van der Waals surface area (Å²) in [6.45, 7) is 9.12. The zero-order chi connectivity index (χ0) is 14.0. The molecule has 0 aromatic heterocycles. The van der Waals surface area contributed by atoms with Gasteiger partial charge in [0.2, 0.25) is 0 Å². The van der Waals surface area contributed by atoms with Crippen LogP contribution in [0.25, 0.3) is 0 Å². The second kappa shape index (κ2) is 5.37. The summed E-state index contributed by atoms with van der Waals surface area (Å²) < 4.78 is 19.2. The molecule has 4 heteroatoms. The van der Waals surface area contributed by atoms with Crippen LogP contribution < -0.4 is 15.0 Å². The van der Waals surface area contributed by atoms with E-state index in [1.807, 2.05) is 0 Å². The molecular weight excluding hydrogens is 243 g/mol. The summed E-state index contributed by atoms with van der Waals surface area (Å²) in [5.74, 6) is 0.512. The Labute approximate surface area is 114 Å². The SMILES string of the molecule is COc1ccc(F)c(N2CCNC(C(C)(C)C)C2)c1. The predicted octanol–water partition coefficient (Wildman–Crippen LogP) is 2.66. The molecule has 1 aliphatic heterocycles. The highest BCUT2D eigenvalue weighted by Gasteiger charge is 2.30. The van der Waals surface area contributed by atoms with Crippen molar-refractivity contribution in [1.29, 1.82) is 0 Å². The molecule has 106 valence electrons. The van der Waals surface area contributed by atoms with Gasteiger partial charge in [-0.25, -0.2) is 4.39 Å². The van der Waals surface area contributed by atoms with Gasteiger partial charge in [0.1, 0.15) is 11.6 Å². The Bertz CT molecular complexity index is 442. The molecule has 0 spiro atoms. The number of anilines is 1. The van der Waals surface area contributed by atoms with Crippen LogP contribution in [0.1, 0.15) is 20.8 Å². The van der Waals surface area contributed by atoms with Gasteiger partial charge in [0.15, 0.2) is 0 Å². The molecule has 1 unspecified atom stereocenters. The number of nitrogens with one attached hydrogen (secondary N) is 1. The second-order valence-corrected chi connectivity index (χ2v) is 6.14. The number of piperazine rings is 1. The molecule has 19 heavy (non-hydrogen) atoms. The average molecular weight is 266 g/mol. The highest BCUT2D eigenvalue weighted by molar-refractivity contribution is 5.52. The van der Waals surface area contributed by atoms with E-state index in [0.717, 1.165) is 19.6 Å². The number of halogens is 1. The minimum Gasteiger partial charge on any atom is -0.497 e. The molecule has 1 heterocycles. The number of ether oxygens (including phenoxy) is 1. The Balaban J connectivity index is 2.21. The third kappa shape index (κ3) is 3.18. The molecule has 1 aromatic carbocycles. The van der Waals surface area contributed by atoms with Crippen LogP contribution >= 0.6 is 0 Å². The fourth-order valence-corrected chi connectivity index (χ4v) is 2.41. The van der Waals surface area contributed by atoms with Crippen molar-refractivity contribution >= 4 is 5.69 Å². The zero-order valence-corrected chi connectivity index (χ0v) is 12.2. The minimum absolute atomic E-state index is 0.161. The van der Waals surface area contributed by atoms with Gasteiger partial charge in [-0.3, -0.25) is 0 Å². The second-order valence-electron chi connectivity index (χ2n) is 6.14. The first-order chi connectivity index (χ1) is 8.91. The van der Waals surface area contributed by atoms with Gasteiger partial charge in [-0.15, -0.1) is 0 Å². The number of hydrogen-bond donors (Lipinski definition) is 1. The molecule has 0 amide bonds. The Morgan fingerprint density at radius 2 is 2.11 bits per heavy atom. The number of nitrogens with zero attached hydrogens (tertiary/aromatic N) is 1. The molecule has 1 fully saturated rings. The van der Waals surface area contributed by atoms with Crippen molar-refractivity contribution in [3.8, 4) is 5.75 Å². The van der Waals surface area contributed by atoms with E-state index in [-0.39, 0.29) is 11.2 Å². The molecule has 0 bridgehead atoms. The molecule has 1 saturated heterocycles. The van der Waals surface area contributed by atoms with Crippen LogP contribution in [-0.4, -0.2) is 32.8 Å². The molecule has 1 aliphatic rings. The van der Waals surface area contributed by atoms with E-state index < -0.39 is 0 Å². The van der Waals surface area contributed by atoms with Crippen molar-refractivity contribution < 1.29 is 9.13 Å². The third-order valence-corrected chi connectivity index (χ3v) is 3.71. The maximum absolute atomic E-state index is 14.0. The van der Waals surface area contributed by atoms with Crippen molar-refractivity contribution in [2.24, 2.45) is 5.41 Å². The smallest absolute Gasteiger partial charge is 0.146 e. The molecule has 1 aromatic rings. The van der Waals surface area contributed by atoms with Crippen LogP contribution in [0.4, 0.5) is 10.1 Å². The molecule has 1 atom stereocenters. The summed E-state index contributed by atoms with van der Waals surface area (Å²) in [7, 11) is 1.60. The number of benzene rings is 1. The van der Waals surface area contributed by atoms with Crippen molar-refractivity contribution in [3.05, 3.63) is 24.0 Å². The van der Waals surface area contributed by atoms with Crippen LogP contribution in [0, 0.1) is 11.2 Å². The van der Waals surface area contributed by atoms with Crippen LogP contribution in [0.3, 0.4) is 0 Å². The lowest BCUT2D eigenvalue weighted by atomic mass is 9.85. The van der Waals surface area contributed by atoms with Crippen molar-refractivity contribution in [2.45, 2.75) is 26.8 Å². The quantitative estimate of drug-likeness (QED) is 0.890. The molecule has 0 radical (unpaired) electrons. The first-order valence-electron chi connectivity index (χ1n) is 6.73. The topological polar surface area (TPSA) is 24.5 Å². The fraction of sp³-hybridized carbons (Fsp3) is 0.600. The van der Waals surface area contributed by atoms with Crippen LogP contribution in [-0.2, 0) is 0 Å². The van der Waals surface area contributed by atoms with Gasteiger partial charge < -0.3 is 15.0 Å². The minimum atomic E-state index is -0.185. The summed E-state index contributed by atoms with van der Waals surface area (Å²) in [4.78, 5) is 2.10. The van der Waals surface area contributed by atoms with E-state index in [1.54, 1.807) is 19.2 Å². The number of methoxy groups -OCH3 is 1. The van der Waals surface area contributed by atoms with E-state index in [1.165, 1.54) is 6.07 Å². The van der Waals surface area contributed by atoms with Gasteiger partial charge >= 0.3 is 0 Å². The monoisotopic (exact) mass is 266 g/mol. The van der Waals surface area contributed by atoms with E-state index in [4.69, 9.17) is 4.74 Å². The van der Waals surface area contributed by atoms with E-state index in [9.17, 15) is 4.39 Å². The summed E-state index contributed by atoms with van der Waals surface area (Å²) in [5.41, 5.74) is 0.795. The molecule has 3 nitrogen and oxygen atoms in total. The molecule has 1 N–H and O–H groups in total. The summed E-state index contributed by atoms with van der Waals surface area (Å²) in [5, 5.41) is 3.51. The standard InChI is InChI=1S/C15H23FN2O/c1-15(2,3)14-10-18(8-7-17-14)13-9-11(19-4)5-6-12(13)16/h5-6,9,14,17H,7-8,10H2,1-4H3. The lowest BCUT2D eigenvalue weighted by molar-refractivity contribution is 0.253. The maximum atomic E-state index is 14.0. The van der Waals surface area contributed by atoms with Gasteiger partial charge in [-0.1, -0.05) is 20.8 Å². The molecule has 0 aliphatic carbocycles. The van der Waals surface area contributed by atoms with Crippen molar-refractivity contribution in [1.82, 2.24) is 5.32 Å². The summed E-state index contributed by atoms with van der Waals surface area (Å²) in [6.07, 6.45) is 0. The fourth-order valence-electron chi connectivity index (χ4n) is 2.41. The Kier molecular flexibility index (Phi) is 3.99. The van der Waals surface area contributed by atoms with Crippen molar-refractivity contribution in [3.63, 3.8) is 0 Å². The van der Waals surface area contributed by atoms with E-state index in [0.29, 0.717) is 17.5 Å². The summed E-state index contributed by atoms with van der Waals surface area (Å²) in [6, 6.07) is 5.26. The highest BCUT2D eigenvalue weighted by atomic mass is 19.1.